The molecule has 1 fully saturated rings. The lowest BCUT2D eigenvalue weighted by Crippen LogP contribution is -2.22. The van der Waals surface area contributed by atoms with Crippen LogP contribution >= 0.6 is 0 Å². The third-order valence-corrected chi connectivity index (χ3v) is 4.35. The zero-order valence-electron chi connectivity index (χ0n) is 14.7. The van der Waals surface area contributed by atoms with Crippen molar-refractivity contribution < 1.29 is 13.7 Å². The number of rotatable bonds is 8. The Balaban J connectivity index is 1.57. The van der Waals surface area contributed by atoms with Gasteiger partial charge in [-0.25, -0.2) is 0 Å². The highest BCUT2D eigenvalue weighted by Gasteiger charge is 2.20. The van der Waals surface area contributed by atoms with Gasteiger partial charge in [0.2, 0.25) is 5.89 Å². The van der Waals surface area contributed by atoms with Crippen molar-refractivity contribution in [2.24, 2.45) is 0 Å². The molecule has 0 amide bonds. The van der Waals surface area contributed by atoms with Gasteiger partial charge in [0.1, 0.15) is 17.6 Å². The molecule has 1 saturated heterocycles. The second-order valence-corrected chi connectivity index (χ2v) is 6.32. The molecule has 0 unspecified atom stereocenters. The summed E-state index contributed by atoms with van der Waals surface area (Å²) in [5, 5.41) is 4.06. The normalized spacial score (nSPS) is 18.4. The van der Waals surface area contributed by atoms with Gasteiger partial charge in [-0.1, -0.05) is 19.0 Å². The Morgan fingerprint density at radius 1 is 1.21 bits per heavy atom. The molecule has 2 aromatic rings. The highest BCUT2D eigenvalue weighted by molar-refractivity contribution is 5.10. The minimum Gasteiger partial charge on any atom is -0.462 e. The molecule has 0 bridgehead atoms. The predicted molar refractivity (Wildman–Crippen MR) is 89.3 cm³/mol. The summed E-state index contributed by atoms with van der Waals surface area (Å²) in [6.45, 7) is 7.36. The van der Waals surface area contributed by atoms with Crippen LogP contribution in [-0.2, 0) is 24.2 Å². The van der Waals surface area contributed by atoms with E-state index in [1.165, 1.54) is 6.42 Å². The average molecular weight is 333 g/mol. The predicted octanol–water partition coefficient (Wildman–Crippen LogP) is 3.88. The first kappa shape index (κ1) is 17.2. The van der Waals surface area contributed by atoms with Crippen LogP contribution in [0.1, 0.15) is 68.9 Å². The molecule has 132 valence electrons. The van der Waals surface area contributed by atoms with Gasteiger partial charge >= 0.3 is 0 Å². The Kier molecular flexibility index (Phi) is 6.04. The molecule has 1 aliphatic rings. The first-order valence-electron chi connectivity index (χ1n) is 9.02. The summed E-state index contributed by atoms with van der Waals surface area (Å²) in [5.41, 5.74) is 0. The lowest BCUT2D eigenvalue weighted by atomic mass is 10.1. The molecule has 2 aromatic heterocycles. The van der Waals surface area contributed by atoms with E-state index < -0.39 is 0 Å². The highest BCUT2D eigenvalue weighted by Crippen LogP contribution is 2.29. The van der Waals surface area contributed by atoms with E-state index in [-0.39, 0.29) is 6.10 Å². The molecular weight excluding hydrogens is 306 g/mol. The van der Waals surface area contributed by atoms with Gasteiger partial charge in [-0.2, -0.15) is 4.98 Å². The van der Waals surface area contributed by atoms with Crippen LogP contribution in [0, 0.1) is 0 Å². The van der Waals surface area contributed by atoms with Gasteiger partial charge in [-0.3, -0.25) is 4.90 Å². The number of nitrogens with zero attached hydrogens (tertiary/aromatic N) is 3. The van der Waals surface area contributed by atoms with Crippen molar-refractivity contribution in [3.63, 3.8) is 0 Å². The standard InChI is InChI=1S/C18H27N3O3/c1-3-7-18-19-17(20-24-18)13-21(4-2)12-14-9-10-16(23-14)15-8-5-6-11-22-15/h9-10,15H,3-8,11-13H2,1-2H3/t15-/m0/s1. The monoisotopic (exact) mass is 333 g/mol. The van der Waals surface area contributed by atoms with Gasteiger partial charge in [0.15, 0.2) is 5.82 Å². The van der Waals surface area contributed by atoms with Crippen LogP contribution in [0.15, 0.2) is 21.1 Å². The molecule has 0 radical (unpaired) electrons. The second kappa shape index (κ2) is 8.44. The van der Waals surface area contributed by atoms with E-state index in [2.05, 4.69) is 35.0 Å². The molecule has 0 aromatic carbocycles. The molecule has 0 N–H and O–H groups in total. The summed E-state index contributed by atoms with van der Waals surface area (Å²) in [6, 6.07) is 4.10. The summed E-state index contributed by atoms with van der Waals surface area (Å²) in [5.74, 6) is 3.37. The van der Waals surface area contributed by atoms with Crippen molar-refractivity contribution in [2.45, 2.75) is 65.1 Å². The molecular formula is C18H27N3O3. The zero-order valence-corrected chi connectivity index (χ0v) is 14.7. The molecule has 1 aliphatic heterocycles. The van der Waals surface area contributed by atoms with E-state index >= 15 is 0 Å². The van der Waals surface area contributed by atoms with Crippen LogP contribution < -0.4 is 0 Å². The molecule has 0 saturated carbocycles. The smallest absolute Gasteiger partial charge is 0.226 e. The molecule has 3 rings (SSSR count). The minimum atomic E-state index is 0.122. The van der Waals surface area contributed by atoms with E-state index in [1.54, 1.807) is 0 Å². The van der Waals surface area contributed by atoms with Crippen LogP contribution in [0.25, 0.3) is 0 Å². The fourth-order valence-corrected chi connectivity index (χ4v) is 2.99. The molecule has 3 heterocycles. The van der Waals surface area contributed by atoms with Gasteiger partial charge in [0.25, 0.3) is 0 Å². The van der Waals surface area contributed by atoms with Crippen LogP contribution in [0.5, 0.6) is 0 Å². The SMILES string of the molecule is CCCc1nc(CN(CC)Cc2ccc([C@@H]3CCCCO3)o2)no1. The van der Waals surface area contributed by atoms with Crippen molar-refractivity contribution in [1.29, 1.82) is 0 Å². The number of furan rings is 1. The Morgan fingerprint density at radius 2 is 2.12 bits per heavy atom. The van der Waals surface area contributed by atoms with Gasteiger partial charge in [0.05, 0.1) is 13.1 Å². The summed E-state index contributed by atoms with van der Waals surface area (Å²) in [4.78, 5) is 6.68. The maximum absolute atomic E-state index is 6.01. The molecule has 0 aliphatic carbocycles. The number of aromatic nitrogens is 2. The second-order valence-electron chi connectivity index (χ2n) is 6.32. The summed E-state index contributed by atoms with van der Waals surface area (Å²) in [7, 11) is 0. The van der Waals surface area contributed by atoms with Crippen molar-refractivity contribution in [2.75, 3.05) is 13.2 Å². The molecule has 1 atom stereocenters. The molecule has 0 spiro atoms. The van der Waals surface area contributed by atoms with Gasteiger partial charge in [0, 0.05) is 13.0 Å². The third kappa shape index (κ3) is 4.45. The van der Waals surface area contributed by atoms with E-state index in [1.807, 2.05) is 6.07 Å². The fraction of sp³-hybridized carbons (Fsp3) is 0.667. The van der Waals surface area contributed by atoms with Crippen LogP contribution in [0.3, 0.4) is 0 Å². The lowest BCUT2D eigenvalue weighted by molar-refractivity contribution is 0.000828. The minimum absolute atomic E-state index is 0.122. The van der Waals surface area contributed by atoms with Crippen LogP contribution in [-0.4, -0.2) is 28.2 Å². The van der Waals surface area contributed by atoms with Gasteiger partial charge < -0.3 is 13.7 Å². The number of hydrogen-bond acceptors (Lipinski definition) is 6. The summed E-state index contributed by atoms with van der Waals surface area (Å²) < 4.78 is 17.1. The van der Waals surface area contributed by atoms with Crippen molar-refractivity contribution in [1.82, 2.24) is 15.0 Å². The Labute approximate surface area is 143 Å². The van der Waals surface area contributed by atoms with E-state index in [4.69, 9.17) is 13.7 Å². The molecule has 6 heteroatoms. The quantitative estimate of drug-likeness (QED) is 0.730. The maximum atomic E-state index is 6.01. The van der Waals surface area contributed by atoms with Crippen LogP contribution in [0.4, 0.5) is 0 Å². The molecule has 6 nitrogen and oxygen atoms in total. The largest absolute Gasteiger partial charge is 0.462 e. The Morgan fingerprint density at radius 3 is 2.88 bits per heavy atom. The fourth-order valence-electron chi connectivity index (χ4n) is 2.99. The number of aryl methyl sites for hydroxylation is 1. The summed E-state index contributed by atoms with van der Waals surface area (Å²) in [6.07, 6.45) is 5.38. The first-order chi connectivity index (χ1) is 11.8. The van der Waals surface area contributed by atoms with Crippen molar-refractivity contribution in [3.05, 3.63) is 35.4 Å². The Hall–Kier alpha value is -1.66. The van der Waals surface area contributed by atoms with E-state index in [0.717, 1.165) is 68.6 Å². The third-order valence-electron chi connectivity index (χ3n) is 4.35. The number of ether oxygens (including phenoxy) is 1. The highest BCUT2D eigenvalue weighted by atomic mass is 16.5. The van der Waals surface area contributed by atoms with Crippen LogP contribution in [0.2, 0.25) is 0 Å². The van der Waals surface area contributed by atoms with Gasteiger partial charge in [-0.05, 0) is 44.4 Å². The molecule has 24 heavy (non-hydrogen) atoms. The maximum Gasteiger partial charge on any atom is 0.226 e. The lowest BCUT2D eigenvalue weighted by Gasteiger charge is -2.20. The van der Waals surface area contributed by atoms with Crippen molar-refractivity contribution >= 4 is 0 Å². The van der Waals surface area contributed by atoms with Gasteiger partial charge in [-0.15, -0.1) is 0 Å². The van der Waals surface area contributed by atoms with E-state index in [9.17, 15) is 0 Å². The Bertz CT molecular complexity index is 617. The van der Waals surface area contributed by atoms with Crippen molar-refractivity contribution in [3.8, 4) is 0 Å². The first-order valence-corrected chi connectivity index (χ1v) is 9.02. The van der Waals surface area contributed by atoms with E-state index in [0.29, 0.717) is 6.54 Å². The zero-order chi connectivity index (χ0) is 16.8. The number of hydrogen-bond donors (Lipinski definition) is 0. The average Bonchev–Trinajstić information content (AvgIpc) is 3.25. The topological polar surface area (TPSA) is 64.5 Å². The summed E-state index contributed by atoms with van der Waals surface area (Å²) >= 11 is 0.